The largest absolute Gasteiger partial charge is 0.366 e. The number of aryl methyl sites for hydroxylation is 2. The summed E-state index contributed by atoms with van der Waals surface area (Å²) in [4.78, 5) is 11.6. The number of hydrogen-bond donors (Lipinski definition) is 2. The predicted octanol–water partition coefficient (Wildman–Crippen LogP) is 2.95. The molecule has 0 unspecified atom stereocenters. The first kappa shape index (κ1) is 12.4. The first-order valence-corrected chi connectivity index (χ1v) is 6.43. The summed E-state index contributed by atoms with van der Waals surface area (Å²) in [5.74, 6) is -0.409. The smallest absolute Gasteiger partial charge is 0.249 e. The molecular weight excluding hydrogens is 250 g/mol. The van der Waals surface area contributed by atoms with Crippen molar-refractivity contribution in [3.63, 3.8) is 0 Å². The average molecular weight is 265 g/mol. The Hall–Kier alpha value is -2.62. The topological polar surface area (TPSA) is 71.8 Å². The maximum Gasteiger partial charge on any atom is 0.249 e. The number of aromatic amines is 1. The van der Waals surface area contributed by atoms with Crippen molar-refractivity contribution in [2.24, 2.45) is 5.73 Å². The number of benzene rings is 2. The van der Waals surface area contributed by atoms with Crippen LogP contribution in [0.25, 0.3) is 21.9 Å². The van der Waals surface area contributed by atoms with Crippen molar-refractivity contribution < 1.29 is 4.79 Å². The molecule has 0 bridgehead atoms. The van der Waals surface area contributed by atoms with Gasteiger partial charge in [0.05, 0.1) is 5.69 Å². The van der Waals surface area contributed by atoms with Crippen LogP contribution < -0.4 is 5.73 Å². The number of nitrogens with one attached hydrogen (secondary N) is 1. The molecule has 0 aliphatic carbocycles. The van der Waals surface area contributed by atoms with Gasteiger partial charge in [-0.3, -0.25) is 9.89 Å². The Bertz CT molecular complexity index is 798. The molecule has 0 aliphatic heterocycles. The predicted molar refractivity (Wildman–Crippen MR) is 79.5 cm³/mol. The number of amides is 1. The Balaban J connectivity index is 2.39. The number of nitrogens with zero attached hydrogens (tertiary/aromatic N) is 1. The zero-order valence-corrected chi connectivity index (χ0v) is 11.4. The quantitative estimate of drug-likeness (QED) is 0.747. The van der Waals surface area contributed by atoms with Crippen molar-refractivity contribution in [3.05, 3.63) is 53.3 Å². The van der Waals surface area contributed by atoms with Crippen LogP contribution in [0.2, 0.25) is 0 Å². The van der Waals surface area contributed by atoms with Crippen molar-refractivity contribution in [2.45, 2.75) is 13.8 Å². The minimum absolute atomic E-state index is 0.409. The Kier molecular flexibility index (Phi) is 2.79. The van der Waals surface area contributed by atoms with Crippen molar-refractivity contribution in [3.8, 4) is 11.1 Å². The van der Waals surface area contributed by atoms with Gasteiger partial charge in [0.2, 0.25) is 5.91 Å². The molecule has 0 aliphatic rings. The van der Waals surface area contributed by atoms with Crippen LogP contribution in [-0.4, -0.2) is 16.1 Å². The summed E-state index contributed by atoms with van der Waals surface area (Å²) >= 11 is 0. The van der Waals surface area contributed by atoms with Gasteiger partial charge in [0.25, 0.3) is 0 Å². The molecule has 4 nitrogen and oxygen atoms in total. The lowest BCUT2D eigenvalue weighted by atomic mass is 9.94. The Labute approximate surface area is 116 Å². The zero-order chi connectivity index (χ0) is 14.3. The van der Waals surface area contributed by atoms with Crippen LogP contribution >= 0.6 is 0 Å². The third kappa shape index (κ3) is 1.77. The molecule has 3 rings (SSSR count). The summed E-state index contributed by atoms with van der Waals surface area (Å²) in [5, 5.41) is 9.12. The lowest BCUT2D eigenvalue weighted by Gasteiger charge is -2.09. The van der Waals surface area contributed by atoms with E-state index in [0.29, 0.717) is 5.56 Å². The van der Waals surface area contributed by atoms with E-state index >= 15 is 0 Å². The summed E-state index contributed by atoms with van der Waals surface area (Å²) in [7, 11) is 0. The lowest BCUT2D eigenvalue weighted by molar-refractivity contribution is 0.100. The van der Waals surface area contributed by atoms with Crippen LogP contribution in [0.1, 0.15) is 21.7 Å². The van der Waals surface area contributed by atoms with Crippen LogP contribution in [-0.2, 0) is 0 Å². The summed E-state index contributed by atoms with van der Waals surface area (Å²) < 4.78 is 0. The molecule has 1 aromatic heterocycles. The van der Waals surface area contributed by atoms with E-state index < -0.39 is 5.91 Å². The highest BCUT2D eigenvalue weighted by Gasteiger charge is 2.14. The third-order valence-corrected chi connectivity index (χ3v) is 3.58. The van der Waals surface area contributed by atoms with E-state index in [1.165, 1.54) is 0 Å². The second-order valence-corrected chi connectivity index (χ2v) is 4.88. The molecule has 1 amide bonds. The highest BCUT2D eigenvalue weighted by Crippen LogP contribution is 2.33. The van der Waals surface area contributed by atoms with Crippen molar-refractivity contribution in [2.75, 3.05) is 0 Å². The SMILES string of the molecule is Cc1n[nH]c(C)c1-c1cccc2c(C(N)=O)cccc12. The molecule has 100 valence electrons. The molecule has 4 heteroatoms. The van der Waals surface area contributed by atoms with E-state index in [9.17, 15) is 4.79 Å². The Morgan fingerprint density at radius 3 is 2.45 bits per heavy atom. The maximum atomic E-state index is 11.6. The minimum Gasteiger partial charge on any atom is -0.366 e. The first-order chi connectivity index (χ1) is 9.59. The molecule has 0 saturated heterocycles. The third-order valence-electron chi connectivity index (χ3n) is 3.58. The highest BCUT2D eigenvalue weighted by molar-refractivity contribution is 6.10. The molecule has 0 radical (unpaired) electrons. The van der Waals surface area contributed by atoms with E-state index in [-0.39, 0.29) is 0 Å². The van der Waals surface area contributed by atoms with Crippen LogP contribution in [0.3, 0.4) is 0 Å². The second kappa shape index (κ2) is 4.49. The number of primary amides is 1. The van der Waals surface area contributed by atoms with Gasteiger partial charge in [0.15, 0.2) is 0 Å². The monoisotopic (exact) mass is 265 g/mol. The van der Waals surface area contributed by atoms with Crippen LogP contribution in [0.15, 0.2) is 36.4 Å². The van der Waals surface area contributed by atoms with E-state index in [1.54, 1.807) is 6.07 Å². The molecule has 1 heterocycles. The standard InChI is InChI=1S/C16H15N3O/c1-9-15(10(2)19-18-9)13-7-3-6-12-11(13)5-4-8-14(12)16(17)20/h3-8H,1-2H3,(H2,17,20)(H,18,19). The molecule has 2 aromatic carbocycles. The van der Waals surface area contributed by atoms with Gasteiger partial charge in [-0.25, -0.2) is 0 Å². The Morgan fingerprint density at radius 2 is 1.80 bits per heavy atom. The molecule has 20 heavy (non-hydrogen) atoms. The van der Waals surface area contributed by atoms with E-state index in [4.69, 9.17) is 5.73 Å². The normalized spacial score (nSPS) is 10.9. The van der Waals surface area contributed by atoms with Gasteiger partial charge >= 0.3 is 0 Å². The van der Waals surface area contributed by atoms with E-state index in [2.05, 4.69) is 10.2 Å². The molecule has 0 spiro atoms. The number of nitrogens with two attached hydrogens (primary N) is 1. The van der Waals surface area contributed by atoms with Crippen LogP contribution in [0, 0.1) is 13.8 Å². The average Bonchev–Trinajstić information content (AvgIpc) is 2.77. The van der Waals surface area contributed by atoms with Crippen molar-refractivity contribution in [1.82, 2.24) is 10.2 Å². The molecule has 0 atom stereocenters. The van der Waals surface area contributed by atoms with E-state index in [1.807, 2.05) is 44.2 Å². The number of carbonyl (C=O) groups excluding carboxylic acids is 1. The van der Waals surface area contributed by atoms with Crippen LogP contribution in [0.5, 0.6) is 0 Å². The highest BCUT2D eigenvalue weighted by atomic mass is 16.1. The van der Waals surface area contributed by atoms with Gasteiger partial charge in [-0.15, -0.1) is 0 Å². The van der Waals surface area contributed by atoms with Gasteiger partial charge in [0.1, 0.15) is 0 Å². The molecule has 3 aromatic rings. The molecule has 0 fully saturated rings. The van der Waals surface area contributed by atoms with Crippen molar-refractivity contribution >= 4 is 16.7 Å². The van der Waals surface area contributed by atoms with Gasteiger partial charge in [0, 0.05) is 16.8 Å². The number of H-pyrrole nitrogens is 1. The summed E-state index contributed by atoms with van der Waals surface area (Å²) in [6.45, 7) is 3.96. The molecular formula is C16H15N3O. The summed E-state index contributed by atoms with van der Waals surface area (Å²) in [6.07, 6.45) is 0. The van der Waals surface area contributed by atoms with E-state index in [0.717, 1.165) is 33.3 Å². The second-order valence-electron chi connectivity index (χ2n) is 4.88. The number of carbonyl (C=O) groups is 1. The van der Waals surface area contributed by atoms with Crippen molar-refractivity contribution in [1.29, 1.82) is 0 Å². The zero-order valence-electron chi connectivity index (χ0n) is 11.4. The minimum atomic E-state index is -0.409. The maximum absolute atomic E-state index is 11.6. The summed E-state index contributed by atoms with van der Waals surface area (Å²) in [6, 6.07) is 11.5. The van der Waals surface area contributed by atoms with Gasteiger partial charge in [-0.2, -0.15) is 5.10 Å². The molecule has 3 N–H and O–H groups in total. The van der Waals surface area contributed by atoms with Crippen LogP contribution in [0.4, 0.5) is 0 Å². The number of aromatic nitrogens is 2. The first-order valence-electron chi connectivity index (χ1n) is 6.43. The number of fused-ring (bicyclic) bond motifs is 1. The Morgan fingerprint density at radius 1 is 1.10 bits per heavy atom. The molecule has 0 saturated carbocycles. The van der Waals surface area contributed by atoms with Gasteiger partial charge in [-0.05, 0) is 36.2 Å². The lowest BCUT2D eigenvalue weighted by Crippen LogP contribution is -2.11. The van der Waals surface area contributed by atoms with Gasteiger partial charge in [-0.1, -0.05) is 30.3 Å². The fourth-order valence-corrected chi connectivity index (χ4v) is 2.69. The van der Waals surface area contributed by atoms with Gasteiger partial charge < -0.3 is 5.73 Å². The number of hydrogen-bond acceptors (Lipinski definition) is 2. The summed E-state index contributed by atoms with van der Waals surface area (Å²) in [5.41, 5.74) is 10.1. The fourth-order valence-electron chi connectivity index (χ4n) is 2.69. The number of rotatable bonds is 2. The fraction of sp³-hybridized carbons (Fsp3) is 0.125.